The van der Waals surface area contributed by atoms with Gasteiger partial charge in [-0.25, -0.2) is 4.39 Å². The smallest absolute Gasteiger partial charge is 0.160 e. The summed E-state index contributed by atoms with van der Waals surface area (Å²) in [5, 5.41) is 11.8. The lowest BCUT2D eigenvalue weighted by molar-refractivity contribution is 0.244. The summed E-state index contributed by atoms with van der Waals surface area (Å²) in [5.74, 6) is -0.494. The molecule has 0 fully saturated rings. The molecule has 0 aromatic heterocycles. The summed E-state index contributed by atoms with van der Waals surface area (Å²) in [7, 11) is 0. The van der Waals surface area contributed by atoms with Crippen molar-refractivity contribution in [2.24, 2.45) is 5.92 Å². The SMILES string of the molecule is CC(CO)CNc1cc(Cl)c(F)c(Cl)c1. The van der Waals surface area contributed by atoms with Gasteiger partial charge in [-0.05, 0) is 18.1 Å². The number of hydrogen-bond acceptors (Lipinski definition) is 2. The normalized spacial score (nSPS) is 12.6. The molecule has 1 atom stereocenters. The van der Waals surface area contributed by atoms with E-state index in [1.165, 1.54) is 12.1 Å². The lowest BCUT2D eigenvalue weighted by Gasteiger charge is -2.11. The van der Waals surface area contributed by atoms with Gasteiger partial charge in [0.2, 0.25) is 0 Å². The number of aliphatic hydroxyl groups excluding tert-OH is 1. The summed E-state index contributed by atoms with van der Waals surface area (Å²) in [5.41, 5.74) is 0.645. The fraction of sp³-hybridized carbons (Fsp3) is 0.400. The summed E-state index contributed by atoms with van der Waals surface area (Å²) < 4.78 is 13.0. The Balaban J connectivity index is 2.70. The zero-order valence-electron chi connectivity index (χ0n) is 8.23. The Hall–Kier alpha value is -0.510. The molecule has 2 nitrogen and oxygen atoms in total. The van der Waals surface area contributed by atoms with Crippen LogP contribution >= 0.6 is 23.2 Å². The zero-order valence-corrected chi connectivity index (χ0v) is 9.74. The highest BCUT2D eigenvalue weighted by atomic mass is 35.5. The standard InChI is InChI=1S/C10H12Cl2FNO/c1-6(5-15)4-14-7-2-8(11)10(13)9(12)3-7/h2-3,6,14-15H,4-5H2,1H3. The molecule has 0 bridgehead atoms. The first-order valence-electron chi connectivity index (χ1n) is 4.54. The summed E-state index contributed by atoms with van der Waals surface area (Å²) in [6.07, 6.45) is 0. The molecule has 0 spiro atoms. The Labute approximate surface area is 98.0 Å². The van der Waals surface area contributed by atoms with Crippen molar-refractivity contribution < 1.29 is 9.50 Å². The molecule has 2 N–H and O–H groups in total. The van der Waals surface area contributed by atoms with E-state index in [0.29, 0.717) is 12.2 Å². The second-order valence-corrected chi connectivity index (χ2v) is 4.24. The van der Waals surface area contributed by atoms with Crippen LogP contribution in [0.5, 0.6) is 0 Å². The largest absolute Gasteiger partial charge is 0.396 e. The highest BCUT2D eigenvalue weighted by molar-refractivity contribution is 6.35. The Kier molecular flexibility index (Phi) is 4.64. The number of rotatable bonds is 4. The Bertz CT molecular complexity index is 323. The minimum Gasteiger partial charge on any atom is -0.396 e. The number of aliphatic hydroxyl groups is 1. The van der Waals surface area contributed by atoms with Crippen molar-refractivity contribution in [3.63, 3.8) is 0 Å². The van der Waals surface area contributed by atoms with Gasteiger partial charge < -0.3 is 10.4 Å². The van der Waals surface area contributed by atoms with E-state index in [1.54, 1.807) is 0 Å². The van der Waals surface area contributed by atoms with Crippen LogP contribution in [0.25, 0.3) is 0 Å². The monoisotopic (exact) mass is 251 g/mol. The van der Waals surface area contributed by atoms with Gasteiger partial charge >= 0.3 is 0 Å². The molecule has 0 aliphatic carbocycles. The van der Waals surface area contributed by atoms with Gasteiger partial charge in [-0.1, -0.05) is 30.1 Å². The molecule has 1 aromatic rings. The van der Waals surface area contributed by atoms with Crippen molar-refractivity contribution in [3.05, 3.63) is 28.0 Å². The minimum absolute atomic E-state index is 0.0124. The molecule has 0 aliphatic heterocycles. The number of nitrogens with one attached hydrogen (secondary N) is 1. The van der Waals surface area contributed by atoms with Crippen LogP contribution in [0.15, 0.2) is 12.1 Å². The summed E-state index contributed by atoms with van der Waals surface area (Å²) in [4.78, 5) is 0. The van der Waals surface area contributed by atoms with Crippen molar-refractivity contribution in [1.29, 1.82) is 0 Å². The molecule has 1 rings (SSSR count). The number of hydrogen-bond donors (Lipinski definition) is 2. The first-order chi connectivity index (χ1) is 7.04. The minimum atomic E-state index is -0.612. The van der Waals surface area contributed by atoms with E-state index in [4.69, 9.17) is 28.3 Å². The molecule has 0 aliphatic rings. The summed E-state index contributed by atoms with van der Waals surface area (Å²) >= 11 is 11.2. The molecule has 5 heteroatoms. The van der Waals surface area contributed by atoms with Gasteiger partial charge in [-0.15, -0.1) is 0 Å². The number of halogens is 3. The van der Waals surface area contributed by atoms with Crippen molar-refractivity contribution in [3.8, 4) is 0 Å². The number of anilines is 1. The Morgan fingerprint density at radius 1 is 1.40 bits per heavy atom. The fourth-order valence-corrected chi connectivity index (χ4v) is 1.50. The van der Waals surface area contributed by atoms with Crippen LogP contribution in [0.1, 0.15) is 6.92 Å². The van der Waals surface area contributed by atoms with Crippen molar-refractivity contribution >= 4 is 28.9 Å². The van der Waals surface area contributed by atoms with E-state index in [0.717, 1.165) is 0 Å². The second kappa shape index (κ2) is 5.54. The van der Waals surface area contributed by atoms with E-state index in [2.05, 4.69) is 5.32 Å². The van der Waals surface area contributed by atoms with E-state index in [9.17, 15) is 4.39 Å². The van der Waals surface area contributed by atoms with Crippen LogP contribution in [-0.4, -0.2) is 18.3 Å². The van der Waals surface area contributed by atoms with E-state index in [-0.39, 0.29) is 22.6 Å². The average Bonchev–Trinajstić information content (AvgIpc) is 2.22. The third-order valence-corrected chi connectivity index (χ3v) is 2.50. The lowest BCUT2D eigenvalue weighted by Crippen LogP contribution is -2.14. The molecule has 1 unspecified atom stereocenters. The average molecular weight is 252 g/mol. The Morgan fingerprint density at radius 3 is 2.40 bits per heavy atom. The van der Waals surface area contributed by atoms with E-state index < -0.39 is 5.82 Å². The predicted molar refractivity (Wildman–Crippen MR) is 61.2 cm³/mol. The van der Waals surface area contributed by atoms with Crippen molar-refractivity contribution in [2.45, 2.75) is 6.92 Å². The maximum atomic E-state index is 13.0. The highest BCUT2D eigenvalue weighted by Crippen LogP contribution is 2.27. The molecular formula is C10H12Cl2FNO. The van der Waals surface area contributed by atoms with Crippen LogP contribution in [0.3, 0.4) is 0 Å². The van der Waals surface area contributed by atoms with Crippen LogP contribution in [-0.2, 0) is 0 Å². The summed E-state index contributed by atoms with van der Waals surface area (Å²) in [6, 6.07) is 2.93. The molecule has 0 radical (unpaired) electrons. The van der Waals surface area contributed by atoms with Crippen LogP contribution in [0.2, 0.25) is 10.0 Å². The van der Waals surface area contributed by atoms with Gasteiger partial charge in [0.15, 0.2) is 5.82 Å². The first kappa shape index (κ1) is 12.6. The molecule has 0 heterocycles. The van der Waals surface area contributed by atoms with Crippen LogP contribution in [0, 0.1) is 11.7 Å². The van der Waals surface area contributed by atoms with E-state index in [1.807, 2.05) is 6.92 Å². The molecule has 0 saturated heterocycles. The zero-order chi connectivity index (χ0) is 11.4. The van der Waals surface area contributed by atoms with Gasteiger partial charge in [-0.2, -0.15) is 0 Å². The van der Waals surface area contributed by atoms with Gasteiger partial charge in [-0.3, -0.25) is 0 Å². The van der Waals surface area contributed by atoms with Crippen LogP contribution in [0.4, 0.5) is 10.1 Å². The highest BCUT2D eigenvalue weighted by Gasteiger charge is 2.07. The van der Waals surface area contributed by atoms with Gasteiger partial charge in [0.05, 0.1) is 10.0 Å². The molecule has 15 heavy (non-hydrogen) atoms. The van der Waals surface area contributed by atoms with Gasteiger partial charge in [0.25, 0.3) is 0 Å². The first-order valence-corrected chi connectivity index (χ1v) is 5.29. The fourth-order valence-electron chi connectivity index (χ4n) is 1.01. The molecular weight excluding hydrogens is 240 g/mol. The predicted octanol–water partition coefficient (Wildman–Crippen LogP) is 3.17. The van der Waals surface area contributed by atoms with E-state index >= 15 is 0 Å². The third kappa shape index (κ3) is 3.52. The molecule has 84 valence electrons. The number of benzene rings is 1. The Morgan fingerprint density at radius 2 is 1.93 bits per heavy atom. The topological polar surface area (TPSA) is 32.3 Å². The lowest BCUT2D eigenvalue weighted by atomic mass is 10.2. The second-order valence-electron chi connectivity index (χ2n) is 3.42. The molecule has 1 aromatic carbocycles. The van der Waals surface area contributed by atoms with Crippen molar-refractivity contribution in [2.75, 3.05) is 18.5 Å². The molecule has 0 amide bonds. The quantitative estimate of drug-likeness (QED) is 0.806. The molecule has 0 saturated carbocycles. The third-order valence-electron chi connectivity index (χ3n) is 1.95. The van der Waals surface area contributed by atoms with Crippen molar-refractivity contribution in [1.82, 2.24) is 0 Å². The summed E-state index contributed by atoms with van der Waals surface area (Å²) in [6.45, 7) is 2.56. The maximum Gasteiger partial charge on any atom is 0.160 e. The maximum absolute atomic E-state index is 13.0. The van der Waals surface area contributed by atoms with Gasteiger partial charge in [0.1, 0.15) is 0 Å². The van der Waals surface area contributed by atoms with Gasteiger partial charge in [0, 0.05) is 18.8 Å². The van der Waals surface area contributed by atoms with Crippen LogP contribution < -0.4 is 5.32 Å².